The van der Waals surface area contributed by atoms with Gasteiger partial charge in [0.15, 0.2) is 0 Å². The van der Waals surface area contributed by atoms with Gasteiger partial charge in [-0.3, -0.25) is 0 Å². The summed E-state index contributed by atoms with van der Waals surface area (Å²) in [6.45, 7) is 3.63. The van der Waals surface area contributed by atoms with Gasteiger partial charge < -0.3 is 9.84 Å². The predicted octanol–water partition coefficient (Wildman–Crippen LogP) is 2.94. The predicted molar refractivity (Wildman–Crippen MR) is 68.3 cm³/mol. The first-order chi connectivity index (χ1) is 9.02. The molecule has 1 aromatic carbocycles. The minimum absolute atomic E-state index is 0.178. The quantitative estimate of drug-likeness (QED) is 0.502. The number of nitrogens with zero attached hydrogens (tertiary/aromatic N) is 2. The van der Waals surface area contributed by atoms with Crippen molar-refractivity contribution in [2.24, 2.45) is 10.2 Å². The number of carbonyl (C=O) groups is 2. The number of azo groups is 1. The lowest BCUT2D eigenvalue weighted by atomic mass is 10.2. The molecule has 6 heteroatoms. The van der Waals surface area contributed by atoms with Gasteiger partial charge >= 0.3 is 11.9 Å². The van der Waals surface area contributed by atoms with Gasteiger partial charge in [0.1, 0.15) is 0 Å². The van der Waals surface area contributed by atoms with Gasteiger partial charge in [-0.15, -0.1) is 0 Å². The molecule has 100 valence electrons. The maximum Gasteiger partial charge on any atom is 0.335 e. The molecular formula is C13H14N2O4. The topological polar surface area (TPSA) is 88.3 Å². The molecule has 0 aliphatic heterocycles. The van der Waals surface area contributed by atoms with E-state index in [1.165, 1.54) is 30.3 Å². The van der Waals surface area contributed by atoms with Gasteiger partial charge in [-0.25, -0.2) is 9.59 Å². The highest BCUT2D eigenvalue weighted by Crippen LogP contribution is 2.14. The first-order valence-electron chi connectivity index (χ1n) is 5.63. The van der Waals surface area contributed by atoms with Crippen LogP contribution in [0.3, 0.4) is 0 Å². The largest absolute Gasteiger partial charge is 0.478 e. The number of esters is 1. The molecule has 0 bridgehead atoms. The summed E-state index contributed by atoms with van der Waals surface area (Å²) in [6, 6.07) is 5.93. The van der Waals surface area contributed by atoms with Crippen molar-refractivity contribution in [3.8, 4) is 0 Å². The Morgan fingerprint density at radius 3 is 2.47 bits per heavy atom. The van der Waals surface area contributed by atoms with E-state index in [4.69, 9.17) is 9.84 Å². The van der Waals surface area contributed by atoms with Gasteiger partial charge in [0, 0.05) is 6.08 Å². The molecule has 0 spiro atoms. The molecule has 0 atom stereocenters. The summed E-state index contributed by atoms with van der Waals surface area (Å²) in [6.07, 6.45) is 1.23. The van der Waals surface area contributed by atoms with E-state index < -0.39 is 11.9 Å². The van der Waals surface area contributed by atoms with Crippen LogP contribution < -0.4 is 0 Å². The summed E-state index contributed by atoms with van der Waals surface area (Å²) < 4.78 is 4.72. The van der Waals surface area contributed by atoms with Crippen LogP contribution in [0.25, 0.3) is 0 Å². The maximum atomic E-state index is 11.1. The van der Waals surface area contributed by atoms with Crippen molar-refractivity contribution in [1.82, 2.24) is 0 Å². The van der Waals surface area contributed by atoms with E-state index in [1.54, 1.807) is 13.8 Å². The molecule has 0 unspecified atom stereocenters. The van der Waals surface area contributed by atoms with Crippen LogP contribution in [0.4, 0.5) is 5.69 Å². The molecule has 1 rings (SSSR count). The summed E-state index contributed by atoms with van der Waals surface area (Å²) in [5.74, 6) is -1.47. The number of benzene rings is 1. The van der Waals surface area contributed by atoms with Gasteiger partial charge in [0.25, 0.3) is 0 Å². The second-order valence-electron chi connectivity index (χ2n) is 3.59. The third kappa shape index (κ3) is 5.12. The molecule has 0 saturated carbocycles. The van der Waals surface area contributed by atoms with Crippen LogP contribution in [-0.4, -0.2) is 23.7 Å². The lowest BCUT2D eigenvalue weighted by Crippen LogP contribution is -1.99. The highest BCUT2D eigenvalue weighted by Gasteiger charge is 2.01. The second kappa shape index (κ2) is 7.05. The number of carbonyl (C=O) groups excluding carboxylic acids is 1. The minimum atomic E-state index is -0.998. The Bertz CT molecular complexity index is 518. The van der Waals surface area contributed by atoms with Crippen molar-refractivity contribution in [1.29, 1.82) is 0 Å². The molecule has 0 radical (unpaired) electrons. The summed E-state index contributed by atoms with van der Waals surface area (Å²) in [5.41, 5.74) is 1.08. The molecule has 0 heterocycles. The molecule has 0 saturated heterocycles. The van der Waals surface area contributed by atoms with E-state index >= 15 is 0 Å². The van der Waals surface area contributed by atoms with Crippen molar-refractivity contribution in [3.63, 3.8) is 0 Å². The zero-order chi connectivity index (χ0) is 14.3. The fourth-order valence-electron chi connectivity index (χ4n) is 1.19. The average Bonchev–Trinajstić information content (AvgIpc) is 2.37. The third-order valence-electron chi connectivity index (χ3n) is 2.05. The molecule has 0 fully saturated rings. The Kier molecular flexibility index (Phi) is 5.40. The molecular weight excluding hydrogens is 248 g/mol. The van der Waals surface area contributed by atoms with Crippen LogP contribution in [0.5, 0.6) is 0 Å². The van der Waals surface area contributed by atoms with Crippen molar-refractivity contribution in [2.45, 2.75) is 13.8 Å². The van der Waals surface area contributed by atoms with Crippen LogP contribution in [0.1, 0.15) is 24.2 Å². The normalized spacial score (nSPS) is 11.6. The Morgan fingerprint density at radius 1 is 1.32 bits per heavy atom. The Morgan fingerprint density at radius 2 is 1.95 bits per heavy atom. The third-order valence-corrected chi connectivity index (χ3v) is 2.05. The molecule has 1 aromatic rings. The van der Waals surface area contributed by atoms with E-state index in [-0.39, 0.29) is 5.56 Å². The Hall–Kier alpha value is -2.50. The summed E-state index contributed by atoms with van der Waals surface area (Å²) in [7, 11) is 0. The van der Waals surface area contributed by atoms with E-state index in [2.05, 4.69) is 10.2 Å². The highest BCUT2D eigenvalue weighted by atomic mass is 16.5. The number of allylic oxidation sites excluding steroid dienone is 1. The fraction of sp³-hybridized carbons (Fsp3) is 0.231. The van der Waals surface area contributed by atoms with Gasteiger partial charge in [-0.2, -0.15) is 10.2 Å². The number of carboxylic acids is 1. The number of carboxylic acid groups (broad SMARTS) is 1. The van der Waals surface area contributed by atoms with Crippen LogP contribution >= 0.6 is 0 Å². The van der Waals surface area contributed by atoms with Crippen molar-refractivity contribution in [2.75, 3.05) is 6.61 Å². The van der Waals surface area contributed by atoms with E-state index in [1.807, 2.05) is 0 Å². The number of hydrogen-bond donors (Lipinski definition) is 1. The Balaban J connectivity index is 2.70. The Labute approximate surface area is 110 Å². The standard InChI is InChI=1S/C13H14N2O4/c1-3-19-12(16)8-9(2)14-15-11-6-4-10(5-7-11)13(17)18/h4-8H,3H2,1-2H3,(H,17,18)/b9-8+,15-14?. The maximum absolute atomic E-state index is 11.1. The fourth-order valence-corrected chi connectivity index (χ4v) is 1.19. The van der Waals surface area contributed by atoms with E-state index in [9.17, 15) is 9.59 Å². The zero-order valence-corrected chi connectivity index (χ0v) is 10.7. The number of hydrogen-bond acceptors (Lipinski definition) is 5. The number of rotatable bonds is 5. The summed E-state index contributed by atoms with van der Waals surface area (Å²) in [5, 5.41) is 16.4. The van der Waals surface area contributed by atoms with Crippen LogP contribution in [0.15, 0.2) is 46.3 Å². The van der Waals surface area contributed by atoms with Gasteiger partial charge in [0.2, 0.25) is 0 Å². The van der Waals surface area contributed by atoms with Crippen LogP contribution in [0.2, 0.25) is 0 Å². The molecule has 1 N–H and O–H groups in total. The van der Waals surface area contributed by atoms with Gasteiger partial charge in [-0.1, -0.05) is 0 Å². The van der Waals surface area contributed by atoms with Crippen molar-refractivity contribution >= 4 is 17.6 Å². The molecule has 0 aliphatic rings. The zero-order valence-electron chi connectivity index (χ0n) is 10.7. The SMILES string of the molecule is CCOC(=O)/C=C(\C)N=Nc1ccc(C(=O)O)cc1. The first-order valence-corrected chi connectivity index (χ1v) is 5.63. The molecule has 6 nitrogen and oxygen atoms in total. The smallest absolute Gasteiger partial charge is 0.335 e. The molecule has 19 heavy (non-hydrogen) atoms. The van der Waals surface area contributed by atoms with Crippen molar-refractivity contribution < 1.29 is 19.4 Å². The van der Waals surface area contributed by atoms with E-state index in [0.29, 0.717) is 18.0 Å². The van der Waals surface area contributed by atoms with E-state index in [0.717, 1.165) is 0 Å². The van der Waals surface area contributed by atoms with Gasteiger partial charge in [0.05, 0.1) is 23.6 Å². The average molecular weight is 262 g/mol. The van der Waals surface area contributed by atoms with Crippen LogP contribution in [0, 0.1) is 0 Å². The van der Waals surface area contributed by atoms with Crippen LogP contribution in [-0.2, 0) is 9.53 Å². The van der Waals surface area contributed by atoms with Crippen molar-refractivity contribution in [3.05, 3.63) is 41.6 Å². The number of ether oxygens (including phenoxy) is 1. The summed E-state index contributed by atoms with van der Waals surface area (Å²) >= 11 is 0. The molecule has 0 amide bonds. The lowest BCUT2D eigenvalue weighted by molar-refractivity contribution is -0.137. The number of aromatic carboxylic acids is 1. The first kappa shape index (κ1) is 14.6. The lowest BCUT2D eigenvalue weighted by Gasteiger charge is -1.96. The highest BCUT2D eigenvalue weighted by molar-refractivity contribution is 5.87. The minimum Gasteiger partial charge on any atom is -0.478 e. The monoisotopic (exact) mass is 262 g/mol. The summed E-state index contributed by atoms with van der Waals surface area (Å²) in [4.78, 5) is 21.8. The van der Waals surface area contributed by atoms with Gasteiger partial charge in [-0.05, 0) is 38.1 Å². The second-order valence-corrected chi connectivity index (χ2v) is 3.59. The molecule has 0 aromatic heterocycles. The molecule has 0 aliphatic carbocycles.